The fraction of sp³-hybridized carbons (Fsp3) is 0.389. The summed E-state index contributed by atoms with van der Waals surface area (Å²) in [7, 11) is 1.61. The van der Waals surface area contributed by atoms with Gasteiger partial charge in [-0.15, -0.1) is 23.1 Å². The van der Waals surface area contributed by atoms with Crippen LogP contribution >= 0.6 is 34.7 Å². The van der Waals surface area contributed by atoms with Crippen LogP contribution in [0.3, 0.4) is 0 Å². The molecule has 25 heavy (non-hydrogen) atoms. The molecule has 0 aliphatic carbocycles. The Morgan fingerprint density at radius 1 is 1.24 bits per heavy atom. The summed E-state index contributed by atoms with van der Waals surface area (Å²) < 4.78 is 6.24. The van der Waals surface area contributed by atoms with Crippen LogP contribution in [-0.2, 0) is 6.54 Å². The van der Waals surface area contributed by atoms with E-state index in [1.54, 1.807) is 30.2 Å². The van der Waals surface area contributed by atoms with Crippen molar-refractivity contribution < 1.29 is 9.53 Å². The van der Waals surface area contributed by atoms with Crippen molar-refractivity contribution in [1.82, 2.24) is 9.80 Å². The number of thioether (sulfide) groups is 1. The van der Waals surface area contributed by atoms with E-state index in [0.717, 1.165) is 42.0 Å². The van der Waals surface area contributed by atoms with E-state index in [2.05, 4.69) is 11.0 Å². The number of carbonyl (C=O) groups excluding carboxylic acids is 1. The van der Waals surface area contributed by atoms with Gasteiger partial charge in [-0.25, -0.2) is 0 Å². The summed E-state index contributed by atoms with van der Waals surface area (Å²) in [6, 6.07) is 9.77. The van der Waals surface area contributed by atoms with Crippen LogP contribution in [0, 0.1) is 0 Å². The van der Waals surface area contributed by atoms with Crippen molar-refractivity contribution in [3.8, 4) is 5.75 Å². The van der Waals surface area contributed by atoms with Gasteiger partial charge in [-0.3, -0.25) is 9.69 Å². The van der Waals surface area contributed by atoms with Crippen molar-refractivity contribution in [3.63, 3.8) is 0 Å². The lowest BCUT2D eigenvalue weighted by Gasteiger charge is -2.34. The first-order valence-electron chi connectivity index (χ1n) is 8.08. The molecule has 2 aromatic rings. The number of amides is 1. The molecule has 0 bridgehead atoms. The maximum Gasteiger partial charge on any atom is 0.257 e. The first kappa shape index (κ1) is 18.6. The van der Waals surface area contributed by atoms with Gasteiger partial charge in [-0.1, -0.05) is 11.6 Å². The number of hydrogen-bond donors (Lipinski definition) is 0. The second kappa shape index (κ2) is 8.45. The second-order valence-electron chi connectivity index (χ2n) is 5.84. The van der Waals surface area contributed by atoms with Gasteiger partial charge >= 0.3 is 0 Å². The van der Waals surface area contributed by atoms with Crippen LogP contribution in [0.1, 0.15) is 15.2 Å². The Kier molecular flexibility index (Phi) is 6.28. The monoisotopic (exact) mass is 396 g/mol. The molecule has 0 radical (unpaired) electrons. The third-order valence-electron chi connectivity index (χ3n) is 4.31. The van der Waals surface area contributed by atoms with Gasteiger partial charge in [-0.2, -0.15) is 0 Å². The summed E-state index contributed by atoms with van der Waals surface area (Å²) in [5, 5.41) is 0. The molecule has 1 aromatic heterocycles. The number of rotatable bonds is 5. The third kappa shape index (κ3) is 4.50. The van der Waals surface area contributed by atoms with E-state index in [1.165, 1.54) is 4.88 Å². The molecule has 0 N–H and O–H groups in total. The van der Waals surface area contributed by atoms with Crippen LogP contribution in [0.15, 0.2) is 35.2 Å². The third-order valence-corrected chi connectivity index (χ3v) is 6.25. The molecule has 0 atom stereocenters. The number of nitrogens with zero attached hydrogens (tertiary/aromatic N) is 2. The van der Waals surface area contributed by atoms with Crippen molar-refractivity contribution in [2.75, 3.05) is 39.5 Å². The van der Waals surface area contributed by atoms with Crippen LogP contribution in [0.25, 0.3) is 0 Å². The first-order chi connectivity index (χ1) is 12.1. The summed E-state index contributed by atoms with van der Waals surface area (Å²) in [6.07, 6.45) is 2.01. The van der Waals surface area contributed by atoms with Crippen molar-refractivity contribution in [3.05, 3.63) is 45.1 Å². The zero-order chi connectivity index (χ0) is 17.8. The van der Waals surface area contributed by atoms with E-state index in [-0.39, 0.29) is 5.91 Å². The highest BCUT2D eigenvalue weighted by Gasteiger charge is 2.24. The zero-order valence-electron chi connectivity index (χ0n) is 14.3. The maximum atomic E-state index is 12.9. The van der Waals surface area contributed by atoms with Gasteiger partial charge in [0.2, 0.25) is 0 Å². The highest BCUT2D eigenvalue weighted by atomic mass is 35.5. The molecule has 1 saturated heterocycles. The lowest BCUT2D eigenvalue weighted by molar-refractivity contribution is 0.0626. The van der Waals surface area contributed by atoms with E-state index in [0.29, 0.717) is 11.3 Å². The molecule has 7 heteroatoms. The number of hydrogen-bond acceptors (Lipinski definition) is 5. The highest BCUT2D eigenvalue weighted by Crippen LogP contribution is 2.27. The number of carbonyl (C=O) groups is 1. The Morgan fingerprint density at radius 3 is 2.60 bits per heavy atom. The van der Waals surface area contributed by atoms with Crippen LogP contribution < -0.4 is 4.74 Å². The van der Waals surface area contributed by atoms with Gasteiger partial charge in [0.05, 0.1) is 17.0 Å². The maximum absolute atomic E-state index is 12.9. The van der Waals surface area contributed by atoms with Gasteiger partial charge < -0.3 is 9.64 Å². The molecular formula is C18H21ClN2O2S2. The molecule has 1 aliphatic heterocycles. The van der Waals surface area contributed by atoms with Crippen LogP contribution in [0.2, 0.25) is 4.34 Å². The summed E-state index contributed by atoms with van der Waals surface area (Å²) in [4.78, 5) is 19.5. The molecule has 1 fully saturated rings. The minimum atomic E-state index is 0.0447. The van der Waals surface area contributed by atoms with E-state index >= 15 is 0 Å². The van der Waals surface area contributed by atoms with E-state index in [9.17, 15) is 4.79 Å². The van der Waals surface area contributed by atoms with Gasteiger partial charge in [0, 0.05) is 42.5 Å². The SMILES string of the molecule is COc1cc(SC)ccc1C(=O)N1CCN(Cc2ccc(Cl)s2)CC1. The molecule has 134 valence electrons. The Bertz CT molecular complexity index is 742. The van der Waals surface area contributed by atoms with Gasteiger partial charge in [0.15, 0.2) is 0 Å². The minimum absolute atomic E-state index is 0.0447. The molecule has 3 rings (SSSR count). The van der Waals surface area contributed by atoms with Gasteiger partial charge in [0.1, 0.15) is 5.75 Å². The number of thiophene rings is 1. The molecule has 1 amide bonds. The number of ether oxygens (including phenoxy) is 1. The molecule has 0 saturated carbocycles. The predicted molar refractivity (Wildman–Crippen MR) is 105 cm³/mol. The lowest BCUT2D eigenvalue weighted by Crippen LogP contribution is -2.48. The smallest absolute Gasteiger partial charge is 0.257 e. The average molecular weight is 397 g/mol. The van der Waals surface area contributed by atoms with Gasteiger partial charge in [-0.05, 0) is 36.6 Å². The number of piperazine rings is 1. The average Bonchev–Trinajstić information content (AvgIpc) is 3.06. The standard InChI is InChI=1S/C18H21ClN2O2S2/c1-23-16-11-13(24-2)3-5-15(16)18(22)21-9-7-20(8-10-21)12-14-4-6-17(19)25-14/h3-6,11H,7-10,12H2,1-2H3. The van der Waals surface area contributed by atoms with Crippen molar-refractivity contribution in [2.24, 2.45) is 0 Å². The Morgan fingerprint density at radius 2 is 2.00 bits per heavy atom. The Labute approximate surface area is 161 Å². The van der Waals surface area contributed by atoms with Gasteiger partial charge in [0.25, 0.3) is 5.91 Å². The van der Waals surface area contributed by atoms with E-state index < -0.39 is 0 Å². The summed E-state index contributed by atoms with van der Waals surface area (Å²) >= 11 is 9.25. The molecular weight excluding hydrogens is 376 g/mol. The normalized spacial score (nSPS) is 15.4. The summed E-state index contributed by atoms with van der Waals surface area (Å²) in [6.45, 7) is 4.08. The Balaban J connectivity index is 1.61. The van der Waals surface area contributed by atoms with Crippen molar-refractivity contribution in [2.45, 2.75) is 11.4 Å². The number of halogens is 1. The highest BCUT2D eigenvalue weighted by molar-refractivity contribution is 7.98. The second-order valence-corrected chi connectivity index (χ2v) is 8.52. The number of benzene rings is 1. The van der Waals surface area contributed by atoms with Crippen LogP contribution in [0.4, 0.5) is 0 Å². The predicted octanol–water partition coefficient (Wildman–Crippen LogP) is 4.09. The van der Waals surface area contributed by atoms with Crippen LogP contribution in [0.5, 0.6) is 5.75 Å². The van der Waals surface area contributed by atoms with E-state index in [1.807, 2.05) is 35.4 Å². The molecule has 1 aliphatic rings. The first-order valence-corrected chi connectivity index (χ1v) is 10.5. The fourth-order valence-corrected chi connectivity index (χ4v) is 4.47. The molecule has 2 heterocycles. The van der Waals surface area contributed by atoms with Crippen LogP contribution in [-0.4, -0.2) is 55.3 Å². The largest absolute Gasteiger partial charge is 0.496 e. The zero-order valence-corrected chi connectivity index (χ0v) is 16.7. The summed E-state index contributed by atoms with van der Waals surface area (Å²) in [5.74, 6) is 0.691. The molecule has 0 unspecified atom stereocenters. The number of methoxy groups -OCH3 is 1. The van der Waals surface area contributed by atoms with Crippen molar-refractivity contribution >= 4 is 40.6 Å². The Hall–Kier alpha value is -1.21. The molecule has 1 aromatic carbocycles. The lowest BCUT2D eigenvalue weighted by atomic mass is 10.1. The quantitative estimate of drug-likeness (QED) is 0.712. The van der Waals surface area contributed by atoms with E-state index in [4.69, 9.17) is 16.3 Å². The molecule has 4 nitrogen and oxygen atoms in total. The fourth-order valence-electron chi connectivity index (χ4n) is 2.91. The minimum Gasteiger partial charge on any atom is -0.496 e. The molecule has 0 spiro atoms. The summed E-state index contributed by atoms with van der Waals surface area (Å²) in [5.41, 5.74) is 0.638. The topological polar surface area (TPSA) is 32.8 Å². The van der Waals surface area contributed by atoms with Crippen molar-refractivity contribution in [1.29, 1.82) is 0 Å².